The smallest absolute Gasteiger partial charge is 0.254 e. The topological polar surface area (TPSA) is 64.5 Å². The molecular weight excluding hydrogens is 374 g/mol. The van der Waals surface area contributed by atoms with E-state index in [1.54, 1.807) is 43.2 Å². The maximum atomic E-state index is 13.2. The average Bonchev–Trinajstić information content (AvgIpc) is 3.44. The summed E-state index contributed by atoms with van der Waals surface area (Å²) in [6.07, 6.45) is 5.49. The van der Waals surface area contributed by atoms with E-state index in [-0.39, 0.29) is 11.9 Å². The summed E-state index contributed by atoms with van der Waals surface area (Å²) in [5, 5.41) is 1.94. The number of ether oxygens (including phenoxy) is 2. The third-order valence-electron chi connectivity index (χ3n) is 4.87. The van der Waals surface area contributed by atoms with Crippen LogP contribution in [0.5, 0.6) is 11.5 Å². The Bertz CT molecular complexity index is 931. The van der Waals surface area contributed by atoms with Crippen LogP contribution < -0.4 is 9.47 Å². The van der Waals surface area contributed by atoms with Crippen molar-refractivity contribution >= 4 is 17.2 Å². The third-order valence-corrected chi connectivity index (χ3v) is 5.51. The van der Waals surface area contributed by atoms with Gasteiger partial charge >= 0.3 is 0 Å². The van der Waals surface area contributed by atoms with E-state index < -0.39 is 0 Å². The molecule has 0 radical (unpaired) electrons. The van der Waals surface area contributed by atoms with E-state index in [4.69, 9.17) is 9.47 Å². The molecule has 7 heteroatoms. The van der Waals surface area contributed by atoms with Crippen LogP contribution in [-0.2, 0) is 6.61 Å². The molecule has 0 saturated carbocycles. The zero-order chi connectivity index (χ0) is 19.3. The number of carbonyl (C=O) groups excluding carboxylic acids is 1. The Labute approximate surface area is 167 Å². The number of nitrogens with zero attached hydrogens (tertiary/aromatic N) is 3. The Morgan fingerprint density at radius 3 is 2.86 bits per heavy atom. The number of pyridine rings is 1. The summed E-state index contributed by atoms with van der Waals surface area (Å²) >= 11 is 1.53. The molecule has 28 heavy (non-hydrogen) atoms. The van der Waals surface area contributed by atoms with Gasteiger partial charge in [0, 0.05) is 29.9 Å². The van der Waals surface area contributed by atoms with E-state index in [0.29, 0.717) is 23.7 Å². The van der Waals surface area contributed by atoms with E-state index >= 15 is 0 Å². The molecule has 0 N–H and O–H groups in total. The minimum atomic E-state index is 0.00339. The first-order valence-electron chi connectivity index (χ1n) is 9.15. The standard InChI is InChI=1S/C21H21N3O3S/c1-26-20-11-16(4-5-19(20)27-12-17-13-28-14-23-17)21(25)24-10-2-3-18(24)15-6-8-22-9-7-15/h4-9,11,13-14,18H,2-3,10,12H2,1H3. The molecule has 3 aromatic rings. The molecule has 0 bridgehead atoms. The monoisotopic (exact) mass is 395 g/mol. The van der Waals surface area contributed by atoms with Crippen molar-refractivity contribution in [2.24, 2.45) is 0 Å². The fourth-order valence-electron chi connectivity index (χ4n) is 3.49. The van der Waals surface area contributed by atoms with Crippen LogP contribution in [-0.4, -0.2) is 34.4 Å². The summed E-state index contributed by atoms with van der Waals surface area (Å²) in [5.74, 6) is 1.14. The maximum absolute atomic E-state index is 13.2. The highest BCUT2D eigenvalue weighted by atomic mass is 32.1. The molecular formula is C21H21N3O3S. The zero-order valence-electron chi connectivity index (χ0n) is 15.6. The molecule has 2 aromatic heterocycles. The summed E-state index contributed by atoms with van der Waals surface area (Å²) < 4.78 is 11.3. The lowest BCUT2D eigenvalue weighted by atomic mass is 10.1. The minimum absolute atomic E-state index is 0.00339. The number of rotatable bonds is 6. The van der Waals surface area contributed by atoms with Crippen molar-refractivity contribution in [3.05, 3.63) is 70.4 Å². The Morgan fingerprint density at radius 1 is 1.25 bits per heavy atom. The number of likely N-dealkylation sites (tertiary alicyclic amines) is 1. The van der Waals surface area contributed by atoms with Crippen molar-refractivity contribution in [2.45, 2.75) is 25.5 Å². The number of hydrogen-bond acceptors (Lipinski definition) is 6. The van der Waals surface area contributed by atoms with Gasteiger partial charge in [0.25, 0.3) is 5.91 Å². The highest BCUT2D eigenvalue weighted by molar-refractivity contribution is 7.07. The molecule has 1 saturated heterocycles. The summed E-state index contributed by atoms with van der Waals surface area (Å²) in [6.45, 7) is 1.11. The molecule has 1 aliphatic heterocycles. The van der Waals surface area contributed by atoms with Crippen molar-refractivity contribution in [3.8, 4) is 11.5 Å². The largest absolute Gasteiger partial charge is 0.493 e. The van der Waals surface area contributed by atoms with Gasteiger partial charge in [-0.15, -0.1) is 11.3 Å². The van der Waals surface area contributed by atoms with Gasteiger partial charge in [0.15, 0.2) is 11.5 Å². The second-order valence-electron chi connectivity index (χ2n) is 6.57. The van der Waals surface area contributed by atoms with Crippen LogP contribution in [0.2, 0.25) is 0 Å². The van der Waals surface area contributed by atoms with Crippen molar-refractivity contribution in [1.29, 1.82) is 0 Å². The molecule has 144 valence electrons. The molecule has 1 aliphatic rings. The molecule has 1 amide bonds. The lowest BCUT2D eigenvalue weighted by Gasteiger charge is -2.25. The zero-order valence-corrected chi connectivity index (χ0v) is 16.4. The number of amides is 1. The van der Waals surface area contributed by atoms with E-state index in [2.05, 4.69) is 9.97 Å². The van der Waals surface area contributed by atoms with Gasteiger partial charge in [-0.1, -0.05) is 0 Å². The molecule has 0 aliphatic carbocycles. The van der Waals surface area contributed by atoms with E-state index in [1.807, 2.05) is 22.4 Å². The first-order valence-corrected chi connectivity index (χ1v) is 10.1. The molecule has 4 rings (SSSR count). The van der Waals surface area contributed by atoms with Crippen LogP contribution in [0, 0.1) is 0 Å². The van der Waals surface area contributed by atoms with Gasteiger partial charge in [-0.05, 0) is 48.7 Å². The first kappa shape index (κ1) is 18.4. The van der Waals surface area contributed by atoms with Crippen LogP contribution in [0.3, 0.4) is 0 Å². The van der Waals surface area contributed by atoms with Gasteiger partial charge < -0.3 is 14.4 Å². The molecule has 6 nitrogen and oxygen atoms in total. The molecule has 1 fully saturated rings. The molecule has 0 spiro atoms. The highest BCUT2D eigenvalue weighted by Crippen LogP contribution is 2.35. The fourth-order valence-corrected chi connectivity index (χ4v) is 4.03. The lowest BCUT2D eigenvalue weighted by molar-refractivity contribution is 0.0735. The number of aromatic nitrogens is 2. The fraction of sp³-hybridized carbons (Fsp3) is 0.286. The van der Waals surface area contributed by atoms with Gasteiger partial charge in [0.05, 0.1) is 24.4 Å². The lowest BCUT2D eigenvalue weighted by Crippen LogP contribution is -2.30. The summed E-state index contributed by atoms with van der Waals surface area (Å²) in [6, 6.07) is 9.38. The second kappa shape index (κ2) is 8.39. The molecule has 1 atom stereocenters. The highest BCUT2D eigenvalue weighted by Gasteiger charge is 2.31. The van der Waals surface area contributed by atoms with Crippen LogP contribution in [0.4, 0.5) is 0 Å². The predicted octanol–water partition coefficient (Wildman–Crippen LogP) is 4.10. The van der Waals surface area contributed by atoms with Crippen molar-refractivity contribution < 1.29 is 14.3 Å². The Kier molecular flexibility index (Phi) is 5.53. The van der Waals surface area contributed by atoms with Crippen LogP contribution in [0.15, 0.2) is 53.6 Å². The molecule has 1 unspecified atom stereocenters. The van der Waals surface area contributed by atoms with Gasteiger partial charge in [-0.3, -0.25) is 9.78 Å². The van der Waals surface area contributed by atoms with Gasteiger partial charge in [-0.25, -0.2) is 4.98 Å². The SMILES string of the molecule is COc1cc(C(=O)N2CCCC2c2ccncc2)ccc1OCc1cscn1. The number of benzene rings is 1. The van der Waals surface area contributed by atoms with Crippen molar-refractivity contribution in [3.63, 3.8) is 0 Å². The van der Waals surface area contributed by atoms with Gasteiger partial charge in [0.1, 0.15) is 6.61 Å². The Hall–Kier alpha value is -2.93. The van der Waals surface area contributed by atoms with Gasteiger partial charge in [-0.2, -0.15) is 0 Å². The number of hydrogen-bond donors (Lipinski definition) is 0. The maximum Gasteiger partial charge on any atom is 0.254 e. The molecule has 1 aromatic carbocycles. The van der Waals surface area contributed by atoms with Crippen LogP contribution in [0.1, 0.15) is 40.5 Å². The normalized spacial score (nSPS) is 16.2. The van der Waals surface area contributed by atoms with Crippen LogP contribution >= 0.6 is 11.3 Å². The minimum Gasteiger partial charge on any atom is -0.493 e. The quantitative estimate of drug-likeness (QED) is 0.629. The van der Waals surface area contributed by atoms with Gasteiger partial charge in [0.2, 0.25) is 0 Å². The van der Waals surface area contributed by atoms with E-state index in [1.165, 1.54) is 11.3 Å². The van der Waals surface area contributed by atoms with Crippen molar-refractivity contribution in [2.75, 3.05) is 13.7 Å². The summed E-state index contributed by atoms with van der Waals surface area (Å²) in [7, 11) is 1.58. The number of methoxy groups -OCH3 is 1. The average molecular weight is 395 g/mol. The molecule has 3 heterocycles. The van der Waals surface area contributed by atoms with E-state index in [9.17, 15) is 4.79 Å². The summed E-state index contributed by atoms with van der Waals surface area (Å²) in [4.78, 5) is 23.4. The Balaban J connectivity index is 1.52. The first-order chi connectivity index (χ1) is 13.8. The third kappa shape index (κ3) is 3.84. The number of carbonyl (C=O) groups is 1. The Morgan fingerprint density at radius 2 is 2.11 bits per heavy atom. The van der Waals surface area contributed by atoms with Crippen molar-refractivity contribution in [1.82, 2.24) is 14.9 Å². The predicted molar refractivity (Wildman–Crippen MR) is 107 cm³/mol. The van der Waals surface area contributed by atoms with E-state index in [0.717, 1.165) is 30.6 Å². The van der Waals surface area contributed by atoms with Crippen LogP contribution in [0.25, 0.3) is 0 Å². The number of thiazole rings is 1. The second-order valence-corrected chi connectivity index (χ2v) is 7.29. The summed E-state index contributed by atoms with van der Waals surface area (Å²) in [5.41, 5.74) is 4.35.